The summed E-state index contributed by atoms with van der Waals surface area (Å²) < 4.78 is 5.14. The SMILES string of the molecule is CCCC(CC)c1cc(=O)[nH]c(NC(=O)Nc2cc(C(=O)OCC)cc(NC(=O)Nc3nc(C(CC)CCC)cc(=O)[nH]3)c2C)n1. The standard InChI is InChI=1S/C32H44N8O6/c1-7-12-19(9-3)24-16-26(41)37-29(33-24)39-31(44)35-22-14-21(28(43)46-11-5)15-23(18(22)6)36-32(45)40-30-34-25(17-27(42)38-30)20(10-4)13-8-2/h14-17,19-20H,7-13H2,1-6H3,(H3,33,35,37,39,41,44)(H3,34,36,38,40,42,45). The number of H-pyrrole nitrogens is 2. The second-order valence-electron chi connectivity index (χ2n) is 10.9. The third kappa shape index (κ3) is 9.74. The van der Waals surface area contributed by atoms with Gasteiger partial charge in [-0.2, -0.15) is 0 Å². The van der Waals surface area contributed by atoms with Gasteiger partial charge in [0, 0.05) is 35.3 Å². The zero-order valence-corrected chi connectivity index (χ0v) is 27.3. The maximum absolute atomic E-state index is 13.1. The average Bonchev–Trinajstić information content (AvgIpc) is 2.99. The van der Waals surface area contributed by atoms with Gasteiger partial charge in [0.1, 0.15) is 0 Å². The first kappa shape index (κ1) is 35.5. The summed E-state index contributed by atoms with van der Waals surface area (Å²) in [6.45, 7) is 11.5. The van der Waals surface area contributed by atoms with Gasteiger partial charge in [-0.25, -0.2) is 24.4 Å². The van der Waals surface area contributed by atoms with Crippen LogP contribution >= 0.6 is 0 Å². The summed E-state index contributed by atoms with van der Waals surface area (Å²) in [5.41, 5.74) is 1.22. The second-order valence-corrected chi connectivity index (χ2v) is 10.9. The zero-order valence-electron chi connectivity index (χ0n) is 27.3. The van der Waals surface area contributed by atoms with Crippen LogP contribution < -0.4 is 32.4 Å². The maximum atomic E-state index is 13.1. The highest BCUT2D eigenvalue weighted by Gasteiger charge is 2.19. The normalized spacial score (nSPS) is 12.1. The summed E-state index contributed by atoms with van der Waals surface area (Å²) in [7, 11) is 0. The quantitative estimate of drug-likeness (QED) is 0.112. The van der Waals surface area contributed by atoms with Gasteiger partial charge < -0.3 is 15.4 Å². The number of hydrogen-bond donors (Lipinski definition) is 6. The average molecular weight is 637 g/mol. The molecule has 2 aromatic heterocycles. The Morgan fingerprint density at radius 3 is 1.52 bits per heavy atom. The summed E-state index contributed by atoms with van der Waals surface area (Å²) in [5, 5.41) is 10.4. The van der Waals surface area contributed by atoms with Crippen molar-refractivity contribution in [2.75, 3.05) is 27.9 Å². The molecule has 14 nitrogen and oxygen atoms in total. The van der Waals surface area contributed by atoms with Crippen LogP contribution in [0.25, 0.3) is 0 Å². The van der Waals surface area contributed by atoms with E-state index >= 15 is 0 Å². The van der Waals surface area contributed by atoms with E-state index in [1.165, 1.54) is 24.3 Å². The fourth-order valence-corrected chi connectivity index (χ4v) is 5.14. The summed E-state index contributed by atoms with van der Waals surface area (Å²) in [4.78, 5) is 77.3. The van der Waals surface area contributed by atoms with E-state index in [9.17, 15) is 24.0 Å². The molecule has 14 heteroatoms. The lowest BCUT2D eigenvalue weighted by Crippen LogP contribution is -2.26. The number of nitrogens with zero attached hydrogens (tertiary/aromatic N) is 2. The van der Waals surface area contributed by atoms with E-state index in [-0.39, 0.29) is 47.3 Å². The van der Waals surface area contributed by atoms with Crippen LogP contribution in [0.15, 0.2) is 33.9 Å². The molecule has 3 aromatic rings. The smallest absolute Gasteiger partial charge is 0.338 e. The molecule has 248 valence electrons. The molecular weight excluding hydrogens is 592 g/mol. The molecule has 6 N–H and O–H groups in total. The van der Waals surface area contributed by atoms with Crippen LogP contribution in [0.1, 0.15) is 112 Å². The summed E-state index contributed by atoms with van der Waals surface area (Å²) in [6.07, 6.45) is 5.10. The predicted octanol–water partition coefficient (Wildman–Crippen LogP) is 6.21. The number of nitrogens with one attached hydrogen (secondary N) is 6. The van der Waals surface area contributed by atoms with Gasteiger partial charge in [0.05, 0.1) is 23.6 Å². The van der Waals surface area contributed by atoms with Crippen LogP contribution in [-0.4, -0.2) is 44.6 Å². The Labute approximate surface area is 267 Å². The molecule has 4 amide bonds. The molecule has 2 heterocycles. The molecule has 2 unspecified atom stereocenters. The van der Waals surface area contributed by atoms with E-state index < -0.39 is 29.2 Å². The minimum Gasteiger partial charge on any atom is -0.462 e. The molecule has 0 aliphatic carbocycles. The van der Waals surface area contributed by atoms with Crippen molar-refractivity contribution in [2.45, 2.75) is 91.9 Å². The number of esters is 1. The van der Waals surface area contributed by atoms with Crippen molar-refractivity contribution >= 4 is 41.3 Å². The third-order valence-electron chi connectivity index (χ3n) is 7.50. The van der Waals surface area contributed by atoms with Crippen molar-refractivity contribution in [3.05, 3.63) is 67.5 Å². The lowest BCUT2D eigenvalue weighted by atomic mass is 9.97. The van der Waals surface area contributed by atoms with E-state index in [4.69, 9.17) is 4.74 Å². The fourth-order valence-electron chi connectivity index (χ4n) is 5.14. The van der Waals surface area contributed by atoms with Crippen LogP contribution in [0.5, 0.6) is 0 Å². The number of hydrogen-bond acceptors (Lipinski definition) is 8. The van der Waals surface area contributed by atoms with Gasteiger partial charge in [-0.1, -0.05) is 40.5 Å². The summed E-state index contributed by atoms with van der Waals surface area (Å²) in [6, 6.07) is 4.21. The third-order valence-corrected chi connectivity index (χ3v) is 7.50. The van der Waals surface area contributed by atoms with Crippen molar-refractivity contribution in [3.63, 3.8) is 0 Å². The van der Waals surface area contributed by atoms with Crippen molar-refractivity contribution in [2.24, 2.45) is 0 Å². The molecule has 0 spiro atoms. The second kappa shape index (κ2) is 16.9. The monoisotopic (exact) mass is 636 g/mol. The van der Waals surface area contributed by atoms with E-state index in [1.807, 2.05) is 27.7 Å². The summed E-state index contributed by atoms with van der Waals surface area (Å²) >= 11 is 0. The van der Waals surface area contributed by atoms with Gasteiger partial charge >= 0.3 is 18.0 Å². The van der Waals surface area contributed by atoms with Crippen LogP contribution in [-0.2, 0) is 4.74 Å². The molecule has 2 atom stereocenters. The zero-order chi connectivity index (χ0) is 33.8. The number of ether oxygens (including phenoxy) is 1. The van der Waals surface area contributed by atoms with Crippen molar-refractivity contribution in [1.29, 1.82) is 0 Å². The van der Waals surface area contributed by atoms with Gasteiger partial charge in [-0.3, -0.25) is 30.2 Å². The van der Waals surface area contributed by atoms with E-state index in [0.29, 0.717) is 17.0 Å². The van der Waals surface area contributed by atoms with Crippen molar-refractivity contribution in [1.82, 2.24) is 19.9 Å². The van der Waals surface area contributed by atoms with E-state index in [1.54, 1.807) is 13.8 Å². The first-order valence-electron chi connectivity index (χ1n) is 15.7. The molecule has 3 rings (SSSR count). The Morgan fingerprint density at radius 1 is 0.717 bits per heavy atom. The van der Waals surface area contributed by atoms with Gasteiger partial charge in [-0.05, 0) is 57.2 Å². The molecule has 0 aliphatic heterocycles. The molecule has 0 bridgehead atoms. The first-order valence-corrected chi connectivity index (χ1v) is 15.7. The molecular formula is C32H44N8O6. The number of carbonyl (C=O) groups is 3. The minimum atomic E-state index is -0.737. The highest BCUT2D eigenvalue weighted by molar-refractivity contribution is 6.04. The molecule has 0 saturated carbocycles. The highest BCUT2D eigenvalue weighted by atomic mass is 16.5. The van der Waals surface area contributed by atoms with Gasteiger partial charge in [-0.15, -0.1) is 0 Å². The van der Waals surface area contributed by atoms with Crippen LogP contribution in [0.2, 0.25) is 0 Å². The number of rotatable bonds is 14. The first-order chi connectivity index (χ1) is 22.0. The molecule has 46 heavy (non-hydrogen) atoms. The number of carbonyl (C=O) groups excluding carboxylic acids is 3. The Bertz CT molecular complexity index is 1540. The van der Waals surface area contributed by atoms with Crippen molar-refractivity contribution < 1.29 is 19.1 Å². The topological polar surface area (TPSA) is 200 Å². The highest BCUT2D eigenvalue weighted by Crippen LogP contribution is 2.28. The lowest BCUT2D eigenvalue weighted by Gasteiger charge is -2.17. The molecule has 1 aromatic carbocycles. The van der Waals surface area contributed by atoms with E-state index in [0.717, 1.165) is 38.5 Å². The predicted molar refractivity (Wildman–Crippen MR) is 178 cm³/mol. The lowest BCUT2D eigenvalue weighted by molar-refractivity contribution is 0.0526. The number of aromatic nitrogens is 4. The van der Waals surface area contributed by atoms with E-state index in [2.05, 4.69) is 41.2 Å². The van der Waals surface area contributed by atoms with Gasteiger partial charge in [0.25, 0.3) is 11.1 Å². The Hall–Kier alpha value is -5.01. The minimum absolute atomic E-state index is 0.0283. The Kier molecular flexibility index (Phi) is 13.0. The molecule has 0 radical (unpaired) electrons. The summed E-state index contributed by atoms with van der Waals surface area (Å²) in [5.74, 6) is -0.591. The van der Waals surface area contributed by atoms with Crippen LogP contribution in [0.4, 0.5) is 32.9 Å². The number of aromatic amines is 2. The maximum Gasteiger partial charge on any atom is 0.338 e. The largest absolute Gasteiger partial charge is 0.462 e. The molecule has 0 aliphatic rings. The van der Waals surface area contributed by atoms with Crippen LogP contribution in [0.3, 0.4) is 0 Å². The van der Waals surface area contributed by atoms with Gasteiger partial charge in [0.2, 0.25) is 11.9 Å². The Balaban J connectivity index is 1.87. The van der Waals surface area contributed by atoms with Crippen molar-refractivity contribution in [3.8, 4) is 0 Å². The number of benzene rings is 1. The number of amides is 4. The Morgan fingerprint density at radius 2 is 1.15 bits per heavy atom. The number of anilines is 4. The number of urea groups is 2. The molecule has 0 saturated heterocycles. The van der Waals surface area contributed by atoms with Gasteiger partial charge in [0.15, 0.2) is 0 Å². The fraction of sp³-hybridized carbons (Fsp3) is 0.469. The molecule has 0 fully saturated rings. The van der Waals surface area contributed by atoms with Crippen LogP contribution in [0, 0.1) is 6.92 Å².